The van der Waals surface area contributed by atoms with E-state index in [1.54, 1.807) is 0 Å². The third-order valence-electron chi connectivity index (χ3n) is 4.77. The second-order valence-corrected chi connectivity index (χ2v) is 6.26. The van der Waals surface area contributed by atoms with Gasteiger partial charge in [-0.05, 0) is 43.1 Å². The van der Waals surface area contributed by atoms with Gasteiger partial charge in [-0.2, -0.15) is 0 Å². The van der Waals surface area contributed by atoms with Crippen molar-refractivity contribution in [2.45, 2.75) is 53.4 Å². The summed E-state index contributed by atoms with van der Waals surface area (Å²) < 4.78 is 0. The molecule has 0 aromatic heterocycles. The molecule has 1 saturated carbocycles. The highest BCUT2D eigenvalue weighted by Crippen LogP contribution is 2.55. The first-order valence-electron chi connectivity index (χ1n) is 6.09. The molecule has 15 heavy (non-hydrogen) atoms. The minimum atomic E-state index is -0.0689. The molecular formula is C14H22O. The molecule has 0 N–H and O–H groups in total. The van der Waals surface area contributed by atoms with E-state index in [1.165, 1.54) is 12.8 Å². The normalized spacial score (nSPS) is 39.6. The fourth-order valence-corrected chi connectivity index (χ4v) is 3.81. The molecule has 2 rings (SSSR count). The number of allylic oxidation sites excluding steroid dienone is 2. The largest absolute Gasteiger partial charge is 0.294 e. The monoisotopic (exact) mass is 206 g/mol. The number of ketones is 1. The van der Waals surface area contributed by atoms with Gasteiger partial charge < -0.3 is 0 Å². The molecular weight excluding hydrogens is 184 g/mol. The summed E-state index contributed by atoms with van der Waals surface area (Å²) in [5.74, 6) is 0.960. The first kappa shape index (κ1) is 10.9. The van der Waals surface area contributed by atoms with E-state index in [0.29, 0.717) is 17.1 Å². The second kappa shape index (κ2) is 3.20. The van der Waals surface area contributed by atoms with E-state index in [-0.39, 0.29) is 5.41 Å². The zero-order valence-corrected chi connectivity index (χ0v) is 10.4. The number of carbonyl (C=O) groups is 1. The Balaban J connectivity index is 2.42. The van der Waals surface area contributed by atoms with E-state index < -0.39 is 0 Å². The highest BCUT2D eigenvalue weighted by Gasteiger charge is 2.51. The van der Waals surface area contributed by atoms with E-state index in [4.69, 9.17) is 0 Å². The van der Waals surface area contributed by atoms with Crippen LogP contribution in [0.5, 0.6) is 0 Å². The molecule has 2 aliphatic carbocycles. The van der Waals surface area contributed by atoms with E-state index >= 15 is 0 Å². The number of fused-ring (bicyclic) bond motifs is 1. The summed E-state index contributed by atoms with van der Waals surface area (Å²) in [4.78, 5) is 12.3. The molecule has 0 aromatic carbocycles. The number of carbonyl (C=O) groups excluding carboxylic acids is 1. The van der Waals surface area contributed by atoms with Gasteiger partial charge in [0.25, 0.3) is 0 Å². The van der Waals surface area contributed by atoms with Gasteiger partial charge in [0.1, 0.15) is 0 Å². The van der Waals surface area contributed by atoms with Crippen molar-refractivity contribution in [3.63, 3.8) is 0 Å². The van der Waals surface area contributed by atoms with Crippen molar-refractivity contribution in [3.05, 3.63) is 11.6 Å². The average molecular weight is 206 g/mol. The summed E-state index contributed by atoms with van der Waals surface area (Å²) in [7, 11) is 0. The maximum Gasteiger partial charge on any atom is 0.164 e. The number of hydrogen-bond donors (Lipinski definition) is 0. The smallest absolute Gasteiger partial charge is 0.164 e. The Morgan fingerprint density at radius 3 is 2.60 bits per heavy atom. The summed E-state index contributed by atoms with van der Waals surface area (Å²) >= 11 is 0. The Bertz CT molecular complexity index is 324. The Hall–Kier alpha value is -0.590. The molecule has 1 nitrogen and oxygen atoms in total. The lowest BCUT2D eigenvalue weighted by Crippen LogP contribution is -2.48. The van der Waals surface area contributed by atoms with E-state index in [0.717, 1.165) is 18.4 Å². The highest BCUT2D eigenvalue weighted by atomic mass is 16.1. The lowest BCUT2D eigenvalue weighted by Gasteiger charge is -2.51. The number of Topliss-reactive ketones (excluding diaryl/α,β-unsaturated/α-hetero) is 1. The maximum atomic E-state index is 12.3. The van der Waals surface area contributed by atoms with Gasteiger partial charge in [0.05, 0.1) is 0 Å². The van der Waals surface area contributed by atoms with Gasteiger partial charge in [-0.25, -0.2) is 0 Å². The first-order valence-corrected chi connectivity index (χ1v) is 6.09. The van der Waals surface area contributed by atoms with Crippen LogP contribution in [0.2, 0.25) is 0 Å². The van der Waals surface area contributed by atoms with Crippen LogP contribution in [0.15, 0.2) is 11.6 Å². The van der Waals surface area contributed by atoms with Crippen LogP contribution in [-0.2, 0) is 4.79 Å². The van der Waals surface area contributed by atoms with E-state index in [1.807, 2.05) is 6.92 Å². The number of rotatable bonds is 0. The quantitative estimate of drug-likeness (QED) is 0.590. The van der Waals surface area contributed by atoms with Gasteiger partial charge >= 0.3 is 0 Å². The zero-order chi connectivity index (χ0) is 11.3. The van der Waals surface area contributed by atoms with Crippen LogP contribution in [0.4, 0.5) is 0 Å². The van der Waals surface area contributed by atoms with Crippen molar-refractivity contribution in [1.29, 1.82) is 0 Å². The van der Waals surface area contributed by atoms with Gasteiger partial charge in [0.15, 0.2) is 5.78 Å². The van der Waals surface area contributed by atoms with Crippen molar-refractivity contribution in [3.8, 4) is 0 Å². The Morgan fingerprint density at radius 2 is 1.93 bits per heavy atom. The Morgan fingerprint density at radius 1 is 1.27 bits per heavy atom. The summed E-state index contributed by atoms with van der Waals surface area (Å²) in [5.41, 5.74) is 1.26. The molecule has 0 radical (unpaired) electrons. The molecule has 0 bridgehead atoms. The van der Waals surface area contributed by atoms with Gasteiger partial charge in [-0.15, -0.1) is 0 Å². The third-order valence-corrected chi connectivity index (χ3v) is 4.77. The summed E-state index contributed by atoms with van der Waals surface area (Å²) in [6, 6.07) is 0. The molecule has 2 atom stereocenters. The predicted octanol–water partition coefficient (Wildman–Crippen LogP) is 3.74. The molecule has 0 aromatic rings. The van der Waals surface area contributed by atoms with Crippen LogP contribution >= 0.6 is 0 Å². The standard InChI is InChI=1S/C14H22O/c1-10-6-7-11-13(2,3)8-5-9-14(11,4)12(10)15/h6,11H,5,7-9H2,1-4H3/t11?,14-/m0/s1. The van der Waals surface area contributed by atoms with Crippen LogP contribution < -0.4 is 0 Å². The van der Waals surface area contributed by atoms with Crippen LogP contribution in [0.3, 0.4) is 0 Å². The minimum absolute atomic E-state index is 0.0689. The lowest BCUT2D eigenvalue weighted by molar-refractivity contribution is -0.135. The topological polar surface area (TPSA) is 17.1 Å². The fraction of sp³-hybridized carbons (Fsp3) is 0.786. The second-order valence-electron chi connectivity index (χ2n) is 6.26. The van der Waals surface area contributed by atoms with Crippen LogP contribution in [-0.4, -0.2) is 5.78 Å². The molecule has 0 aliphatic heterocycles. The van der Waals surface area contributed by atoms with Gasteiger partial charge in [0.2, 0.25) is 0 Å². The van der Waals surface area contributed by atoms with Crippen molar-refractivity contribution in [2.75, 3.05) is 0 Å². The number of hydrogen-bond acceptors (Lipinski definition) is 1. The average Bonchev–Trinajstić information content (AvgIpc) is 2.12. The van der Waals surface area contributed by atoms with Crippen molar-refractivity contribution in [2.24, 2.45) is 16.7 Å². The maximum absolute atomic E-state index is 12.3. The highest BCUT2D eigenvalue weighted by molar-refractivity contribution is 6.00. The van der Waals surface area contributed by atoms with Crippen LogP contribution in [0, 0.1) is 16.7 Å². The molecule has 2 aliphatic rings. The predicted molar refractivity (Wildman–Crippen MR) is 62.6 cm³/mol. The summed E-state index contributed by atoms with van der Waals surface area (Å²) in [5, 5.41) is 0. The third kappa shape index (κ3) is 1.47. The van der Waals surface area contributed by atoms with Crippen molar-refractivity contribution >= 4 is 5.78 Å². The van der Waals surface area contributed by atoms with Crippen LogP contribution in [0.1, 0.15) is 53.4 Å². The molecule has 0 heterocycles. The molecule has 1 unspecified atom stereocenters. The first-order chi connectivity index (χ1) is 6.88. The van der Waals surface area contributed by atoms with Crippen molar-refractivity contribution < 1.29 is 4.79 Å². The van der Waals surface area contributed by atoms with Crippen molar-refractivity contribution in [1.82, 2.24) is 0 Å². The lowest BCUT2D eigenvalue weighted by atomic mass is 9.52. The Kier molecular flexibility index (Phi) is 2.33. The van der Waals surface area contributed by atoms with Gasteiger partial charge in [0, 0.05) is 5.41 Å². The molecule has 1 heteroatoms. The SMILES string of the molecule is CC1=CCC2C(C)(C)CCC[C@]2(C)C1=O. The van der Waals surface area contributed by atoms with E-state index in [2.05, 4.69) is 26.8 Å². The molecule has 1 fully saturated rings. The summed E-state index contributed by atoms with van der Waals surface area (Å²) in [6.45, 7) is 8.83. The Labute approximate surface area is 92.9 Å². The molecule has 84 valence electrons. The summed E-state index contributed by atoms with van der Waals surface area (Å²) in [6.07, 6.45) is 6.82. The van der Waals surface area contributed by atoms with E-state index in [9.17, 15) is 4.79 Å². The minimum Gasteiger partial charge on any atom is -0.294 e. The van der Waals surface area contributed by atoms with Gasteiger partial charge in [-0.1, -0.05) is 33.3 Å². The fourth-order valence-electron chi connectivity index (χ4n) is 3.81. The van der Waals surface area contributed by atoms with Gasteiger partial charge in [-0.3, -0.25) is 4.79 Å². The van der Waals surface area contributed by atoms with Crippen LogP contribution in [0.25, 0.3) is 0 Å². The zero-order valence-electron chi connectivity index (χ0n) is 10.4. The molecule has 0 saturated heterocycles. The molecule has 0 amide bonds. The molecule has 0 spiro atoms.